The molecule has 2 heterocycles. The maximum Gasteiger partial charge on any atom is 0.408 e. The maximum atomic E-state index is 13.3. The van der Waals surface area contributed by atoms with Gasteiger partial charge in [0.1, 0.15) is 11.4 Å². The van der Waals surface area contributed by atoms with Gasteiger partial charge in [0.25, 0.3) is 0 Å². The zero-order chi connectivity index (χ0) is 19.6. The van der Waals surface area contributed by atoms with Crippen molar-refractivity contribution < 1.29 is 13.9 Å². The van der Waals surface area contributed by atoms with Crippen LogP contribution in [0.4, 0.5) is 9.18 Å². The third-order valence-electron chi connectivity index (χ3n) is 4.75. The van der Waals surface area contributed by atoms with Crippen LogP contribution in [0.2, 0.25) is 0 Å². The van der Waals surface area contributed by atoms with E-state index in [2.05, 4.69) is 22.1 Å². The molecule has 3 aromatic rings. The van der Waals surface area contributed by atoms with Crippen LogP contribution < -0.4 is 5.32 Å². The second-order valence-electron chi connectivity index (χ2n) is 6.74. The fraction of sp³-hybridized carbons (Fsp3) is 0.130. The molecule has 1 amide bonds. The number of nitrogens with zero attached hydrogens (tertiary/aromatic N) is 1. The molecule has 1 aromatic heterocycles. The molecule has 1 aliphatic heterocycles. The van der Waals surface area contributed by atoms with Gasteiger partial charge in [0, 0.05) is 29.1 Å². The van der Waals surface area contributed by atoms with E-state index in [4.69, 9.17) is 4.74 Å². The van der Waals surface area contributed by atoms with Gasteiger partial charge in [0.15, 0.2) is 6.10 Å². The minimum Gasteiger partial charge on any atom is -0.438 e. The van der Waals surface area contributed by atoms with Gasteiger partial charge < -0.3 is 10.1 Å². The summed E-state index contributed by atoms with van der Waals surface area (Å²) in [6.07, 6.45) is 2.21. The molecule has 0 unspecified atom stereocenters. The molecule has 0 spiro atoms. The Morgan fingerprint density at radius 3 is 2.50 bits per heavy atom. The van der Waals surface area contributed by atoms with Crippen LogP contribution >= 0.6 is 0 Å². The quantitative estimate of drug-likeness (QED) is 0.682. The van der Waals surface area contributed by atoms with E-state index >= 15 is 0 Å². The van der Waals surface area contributed by atoms with E-state index in [1.54, 1.807) is 24.5 Å². The van der Waals surface area contributed by atoms with Crippen molar-refractivity contribution in [2.45, 2.75) is 18.6 Å². The molecule has 1 aliphatic rings. The van der Waals surface area contributed by atoms with Crippen molar-refractivity contribution in [3.05, 3.63) is 101 Å². The van der Waals surface area contributed by atoms with E-state index in [0.717, 1.165) is 16.7 Å². The Bertz CT molecular complexity index is 1070. The number of benzene rings is 2. The third-order valence-corrected chi connectivity index (χ3v) is 4.75. The number of halogens is 1. The van der Waals surface area contributed by atoms with Crippen LogP contribution in [-0.2, 0) is 10.3 Å². The molecule has 2 atom stereocenters. The Kier molecular flexibility index (Phi) is 4.54. The van der Waals surface area contributed by atoms with Gasteiger partial charge in [0.2, 0.25) is 0 Å². The van der Waals surface area contributed by atoms with E-state index in [0.29, 0.717) is 5.56 Å². The molecule has 2 aromatic carbocycles. The Morgan fingerprint density at radius 2 is 1.75 bits per heavy atom. The summed E-state index contributed by atoms with van der Waals surface area (Å²) in [4.78, 5) is 16.3. The van der Waals surface area contributed by atoms with Crippen LogP contribution in [0.15, 0.2) is 73.1 Å². The first kappa shape index (κ1) is 17.7. The second-order valence-corrected chi connectivity index (χ2v) is 6.74. The van der Waals surface area contributed by atoms with E-state index < -0.39 is 17.7 Å². The van der Waals surface area contributed by atoms with Crippen LogP contribution in [0.5, 0.6) is 0 Å². The van der Waals surface area contributed by atoms with Gasteiger partial charge in [-0.25, -0.2) is 9.18 Å². The van der Waals surface area contributed by atoms with Gasteiger partial charge in [-0.15, -0.1) is 0 Å². The number of aromatic nitrogens is 1. The first-order valence-corrected chi connectivity index (χ1v) is 8.81. The standard InChI is InChI=1S/C23H17FN2O2/c1-23(21(28-22(27)26-23)18-9-11-20(24)12-10-18)19-13-17(14-25-15-19)8-7-16-5-3-2-4-6-16/h2-6,9-15,21H,1H3,(H,26,27)/t21-,23-/m0/s1. The summed E-state index contributed by atoms with van der Waals surface area (Å²) in [6, 6.07) is 17.5. The maximum absolute atomic E-state index is 13.3. The molecule has 1 fully saturated rings. The number of alkyl carbamates (subject to hydrolysis) is 1. The fourth-order valence-electron chi connectivity index (χ4n) is 3.25. The fourth-order valence-corrected chi connectivity index (χ4v) is 3.25. The minimum atomic E-state index is -0.855. The summed E-state index contributed by atoms with van der Waals surface area (Å²) in [5.74, 6) is 5.85. The van der Waals surface area contributed by atoms with Crippen molar-refractivity contribution in [2.75, 3.05) is 0 Å². The number of hydrogen-bond acceptors (Lipinski definition) is 3. The number of nitrogens with one attached hydrogen (secondary N) is 1. The predicted octanol–water partition coefficient (Wildman–Crippen LogP) is 4.32. The SMILES string of the molecule is C[C@@]1(c2cncc(C#Cc3ccccc3)c2)NC(=O)O[C@H]1c1ccc(F)cc1. The van der Waals surface area contributed by atoms with Crippen molar-refractivity contribution in [1.82, 2.24) is 10.3 Å². The average Bonchev–Trinajstić information content (AvgIpc) is 3.03. The first-order valence-electron chi connectivity index (χ1n) is 8.81. The van der Waals surface area contributed by atoms with Gasteiger partial charge in [0.05, 0.1) is 0 Å². The Balaban J connectivity index is 1.69. The van der Waals surface area contributed by atoms with Crippen LogP contribution in [0.3, 0.4) is 0 Å². The molecule has 0 bridgehead atoms. The van der Waals surface area contributed by atoms with Crippen molar-refractivity contribution in [3.63, 3.8) is 0 Å². The summed E-state index contributed by atoms with van der Waals surface area (Å²) in [5.41, 5.74) is 2.23. The monoisotopic (exact) mass is 372 g/mol. The Morgan fingerprint density at radius 1 is 1.04 bits per heavy atom. The molecule has 138 valence electrons. The van der Waals surface area contributed by atoms with Gasteiger partial charge in [-0.3, -0.25) is 4.98 Å². The topological polar surface area (TPSA) is 51.2 Å². The molecule has 0 aliphatic carbocycles. The van der Waals surface area contributed by atoms with E-state index in [9.17, 15) is 9.18 Å². The molecule has 0 radical (unpaired) electrons. The lowest BCUT2D eigenvalue weighted by Gasteiger charge is -2.29. The smallest absolute Gasteiger partial charge is 0.408 e. The predicted molar refractivity (Wildman–Crippen MR) is 103 cm³/mol. The summed E-state index contributed by atoms with van der Waals surface area (Å²) in [5, 5.41) is 2.87. The number of amides is 1. The molecule has 0 saturated carbocycles. The summed E-state index contributed by atoms with van der Waals surface area (Å²) < 4.78 is 18.8. The Hall–Kier alpha value is -3.65. The van der Waals surface area contributed by atoms with Crippen molar-refractivity contribution in [2.24, 2.45) is 0 Å². The number of pyridine rings is 1. The number of hydrogen-bond donors (Lipinski definition) is 1. The largest absolute Gasteiger partial charge is 0.438 e. The third kappa shape index (κ3) is 3.45. The molecular weight excluding hydrogens is 355 g/mol. The molecule has 1 saturated heterocycles. The molecule has 5 heteroatoms. The number of carbonyl (C=O) groups excluding carboxylic acids is 1. The highest BCUT2D eigenvalue weighted by atomic mass is 19.1. The van der Waals surface area contributed by atoms with Crippen LogP contribution in [0, 0.1) is 17.7 Å². The first-order chi connectivity index (χ1) is 13.5. The summed E-state index contributed by atoms with van der Waals surface area (Å²) in [6.45, 7) is 1.86. The highest BCUT2D eigenvalue weighted by molar-refractivity contribution is 5.72. The van der Waals surface area contributed by atoms with Crippen molar-refractivity contribution in [1.29, 1.82) is 0 Å². The zero-order valence-electron chi connectivity index (χ0n) is 15.1. The number of cyclic esters (lactones) is 1. The lowest BCUT2D eigenvalue weighted by atomic mass is 9.84. The van der Waals surface area contributed by atoms with Crippen LogP contribution in [0.1, 0.15) is 35.3 Å². The lowest BCUT2D eigenvalue weighted by Crippen LogP contribution is -2.39. The van der Waals surface area contributed by atoms with Crippen molar-refractivity contribution >= 4 is 6.09 Å². The van der Waals surface area contributed by atoms with Gasteiger partial charge in [-0.2, -0.15) is 0 Å². The lowest BCUT2D eigenvalue weighted by molar-refractivity contribution is 0.112. The minimum absolute atomic E-state index is 0.345. The van der Waals surface area contributed by atoms with Crippen LogP contribution in [0.25, 0.3) is 0 Å². The number of carbonyl (C=O) groups is 1. The molecular formula is C23H17FN2O2. The van der Waals surface area contributed by atoms with Gasteiger partial charge in [-0.05, 0) is 42.8 Å². The number of ether oxygens (including phenoxy) is 1. The number of rotatable bonds is 2. The van der Waals surface area contributed by atoms with Crippen molar-refractivity contribution in [3.8, 4) is 11.8 Å². The van der Waals surface area contributed by atoms with Gasteiger partial charge >= 0.3 is 6.09 Å². The van der Waals surface area contributed by atoms with Gasteiger partial charge in [-0.1, -0.05) is 42.2 Å². The Labute approximate surface area is 162 Å². The molecule has 4 nitrogen and oxygen atoms in total. The average molecular weight is 372 g/mol. The van der Waals surface area contributed by atoms with E-state index in [-0.39, 0.29) is 5.82 Å². The van der Waals surface area contributed by atoms with E-state index in [1.165, 1.54) is 12.1 Å². The van der Waals surface area contributed by atoms with E-state index in [1.807, 2.05) is 43.3 Å². The van der Waals surface area contributed by atoms with Crippen LogP contribution in [-0.4, -0.2) is 11.1 Å². The zero-order valence-corrected chi connectivity index (χ0v) is 15.1. The molecule has 28 heavy (non-hydrogen) atoms. The molecule has 4 rings (SSSR count). The normalized spacial score (nSPS) is 20.6. The highest BCUT2D eigenvalue weighted by Gasteiger charge is 2.47. The summed E-state index contributed by atoms with van der Waals surface area (Å²) in [7, 11) is 0. The highest BCUT2D eigenvalue weighted by Crippen LogP contribution is 2.41. The molecule has 1 N–H and O–H groups in total. The summed E-state index contributed by atoms with van der Waals surface area (Å²) >= 11 is 0. The second kappa shape index (κ2) is 7.16.